The van der Waals surface area contributed by atoms with Gasteiger partial charge in [0.2, 0.25) is 0 Å². The summed E-state index contributed by atoms with van der Waals surface area (Å²) in [6, 6.07) is 0. The minimum Gasteiger partial charge on any atom is -0.462 e. The molecule has 0 saturated heterocycles. The molecule has 0 aliphatic heterocycles. The standard InChI is InChI=1S/C71H128O6/c1-4-7-10-13-16-19-21-23-25-27-28-29-30-31-32-33-34-35-36-37-38-39-40-41-42-44-45-47-49-52-55-58-61-64-70(73)76-67-68(66-75-69(72)63-60-57-54-51-18-15-12-9-6-3)77-71(74)65-62-59-56-53-50-48-46-43-26-24-22-20-17-14-11-8-5-2/h7,10,16,19,23,25,28-29,31-32,68H,4-6,8-9,11-15,17-18,20-22,24,26-27,30,33-67H2,1-3H3/b10-7-,19-16-,25-23-,29-28-,32-31-. The van der Waals surface area contributed by atoms with Crippen molar-refractivity contribution in [2.24, 2.45) is 0 Å². The van der Waals surface area contributed by atoms with E-state index in [1.807, 2.05) is 0 Å². The van der Waals surface area contributed by atoms with Crippen LogP contribution in [0.3, 0.4) is 0 Å². The Hall–Kier alpha value is -2.89. The lowest BCUT2D eigenvalue weighted by molar-refractivity contribution is -0.167. The number of carbonyl (C=O) groups excluding carboxylic acids is 3. The van der Waals surface area contributed by atoms with Crippen molar-refractivity contribution < 1.29 is 28.6 Å². The van der Waals surface area contributed by atoms with Gasteiger partial charge in [-0.1, -0.05) is 332 Å². The van der Waals surface area contributed by atoms with Crippen molar-refractivity contribution in [1.29, 1.82) is 0 Å². The van der Waals surface area contributed by atoms with Gasteiger partial charge in [-0.25, -0.2) is 0 Å². The third-order valence-corrected chi connectivity index (χ3v) is 15.0. The average Bonchev–Trinajstić information content (AvgIpc) is 3.43. The molecule has 0 fully saturated rings. The van der Waals surface area contributed by atoms with Crippen molar-refractivity contribution in [3.05, 3.63) is 60.8 Å². The first-order valence-corrected chi connectivity index (χ1v) is 33.8. The van der Waals surface area contributed by atoms with Crippen molar-refractivity contribution in [1.82, 2.24) is 0 Å². The summed E-state index contributed by atoms with van der Waals surface area (Å²) in [6.45, 7) is 6.56. The van der Waals surface area contributed by atoms with Gasteiger partial charge in [0.15, 0.2) is 6.10 Å². The monoisotopic (exact) mass is 1080 g/mol. The Morgan fingerprint density at radius 3 is 0.792 bits per heavy atom. The van der Waals surface area contributed by atoms with Crippen LogP contribution < -0.4 is 0 Å². The van der Waals surface area contributed by atoms with Crippen LogP contribution in [0.5, 0.6) is 0 Å². The Labute approximate surface area is 479 Å². The number of unbranched alkanes of at least 4 members (excludes halogenated alkanes) is 41. The number of allylic oxidation sites excluding steroid dienone is 10. The largest absolute Gasteiger partial charge is 0.462 e. The minimum absolute atomic E-state index is 0.0668. The number of ether oxygens (including phenoxy) is 3. The second kappa shape index (κ2) is 65.6. The van der Waals surface area contributed by atoms with Gasteiger partial charge >= 0.3 is 17.9 Å². The molecule has 0 radical (unpaired) electrons. The highest BCUT2D eigenvalue weighted by atomic mass is 16.6. The van der Waals surface area contributed by atoms with Crippen LogP contribution in [0.2, 0.25) is 0 Å². The molecule has 0 rings (SSSR count). The third-order valence-electron chi connectivity index (χ3n) is 15.0. The first kappa shape index (κ1) is 74.1. The molecule has 1 atom stereocenters. The Morgan fingerprint density at radius 1 is 0.273 bits per heavy atom. The maximum absolute atomic E-state index is 12.9. The van der Waals surface area contributed by atoms with Crippen molar-refractivity contribution in [3.63, 3.8) is 0 Å². The summed E-state index contributed by atoms with van der Waals surface area (Å²) in [5.74, 6) is -0.846. The summed E-state index contributed by atoms with van der Waals surface area (Å²) >= 11 is 0. The molecule has 0 bridgehead atoms. The van der Waals surface area contributed by atoms with Crippen molar-refractivity contribution in [2.45, 2.75) is 361 Å². The zero-order valence-electron chi connectivity index (χ0n) is 51.5. The van der Waals surface area contributed by atoms with Gasteiger partial charge in [0.05, 0.1) is 0 Å². The van der Waals surface area contributed by atoms with Gasteiger partial charge in [0, 0.05) is 19.3 Å². The van der Waals surface area contributed by atoms with Gasteiger partial charge in [-0.2, -0.15) is 0 Å². The van der Waals surface area contributed by atoms with Crippen LogP contribution >= 0.6 is 0 Å². The van der Waals surface area contributed by atoms with Gasteiger partial charge in [0.1, 0.15) is 13.2 Å². The highest BCUT2D eigenvalue weighted by Gasteiger charge is 2.19. The molecular formula is C71H128O6. The normalized spacial score (nSPS) is 12.4. The van der Waals surface area contributed by atoms with E-state index < -0.39 is 6.10 Å². The van der Waals surface area contributed by atoms with Crippen LogP contribution in [0.25, 0.3) is 0 Å². The molecule has 448 valence electrons. The third kappa shape index (κ3) is 63.8. The predicted molar refractivity (Wildman–Crippen MR) is 335 cm³/mol. The summed E-state index contributed by atoms with van der Waals surface area (Å²) in [5.41, 5.74) is 0. The van der Waals surface area contributed by atoms with E-state index >= 15 is 0 Å². The summed E-state index contributed by atoms with van der Waals surface area (Å²) in [5, 5.41) is 0. The van der Waals surface area contributed by atoms with E-state index in [-0.39, 0.29) is 31.1 Å². The van der Waals surface area contributed by atoms with E-state index in [4.69, 9.17) is 14.2 Å². The second-order valence-electron chi connectivity index (χ2n) is 22.7. The summed E-state index contributed by atoms with van der Waals surface area (Å²) in [7, 11) is 0. The molecular weight excluding hydrogens is 949 g/mol. The number of hydrogen-bond acceptors (Lipinski definition) is 6. The smallest absolute Gasteiger partial charge is 0.306 e. The molecule has 0 heterocycles. The van der Waals surface area contributed by atoms with Crippen molar-refractivity contribution in [2.75, 3.05) is 13.2 Å². The molecule has 6 heteroatoms. The fourth-order valence-electron chi connectivity index (χ4n) is 10.0. The highest BCUT2D eigenvalue weighted by Crippen LogP contribution is 2.18. The predicted octanol–water partition coefficient (Wildman–Crippen LogP) is 23.1. The molecule has 0 N–H and O–H groups in total. The average molecular weight is 1080 g/mol. The zero-order valence-corrected chi connectivity index (χ0v) is 51.5. The number of carbonyl (C=O) groups is 3. The molecule has 77 heavy (non-hydrogen) atoms. The topological polar surface area (TPSA) is 78.9 Å². The second-order valence-corrected chi connectivity index (χ2v) is 22.7. The van der Waals surface area contributed by atoms with Gasteiger partial charge in [-0.15, -0.1) is 0 Å². The lowest BCUT2D eigenvalue weighted by atomic mass is 10.0. The first-order valence-electron chi connectivity index (χ1n) is 33.8. The minimum atomic E-state index is -0.767. The summed E-state index contributed by atoms with van der Waals surface area (Å²) in [6.07, 6.45) is 84.0. The lowest BCUT2D eigenvalue weighted by Gasteiger charge is -2.18. The number of rotatable bonds is 62. The Morgan fingerprint density at radius 2 is 0.506 bits per heavy atom. The lowest BCUT2D eigenvalue weighted by Crippen LogP contribution is -2.30. The van der Waals surface area contributed by atoms with Crippen LogP contribution in [0.1, 0.15) is 355 Å². The Bertz CT molecular complexity index is 1380. The molecule has 0 aromatic rings. The molecule has 0 aromatic heterocycles. The SMILES string of the molecule is CC/C=C\C/C=C\C/C=C\C/C=C\C/C=C\CCCCCCCCCCCCCCCCCCCC(=O)OCC(COC(=O)CCCCCCCCCCC)OC(=O)CCCCCCCCCCCCCCCCCCC. The van der Waals surface area contributed by atoms with Crippen LogP contribution in [0.4, 0.5) is 0 Å². The maximum Gasteiger partial charge on any atom is 0.306 e. The van der Waals surface area contributed by atoms with E-state index in [9.17, 15) is 14.4 Å². The fourth-order valence-corrected chi connectivity index (χ4v) is 10.0. The van der Waals surface area contributed by atoms with E-state index in [0.717, 1.165) is 89.9 Å². The van der Waals surface area contributed by atoms with Gasteiger partial charge in [-0.05, 0) is 64.2 Å². The van der Waals surface area contributed by atoms with E-state index in [0.29, 0.717) is 19.3 Å². The summed E-state index contributed by atoms with van der Waals surface area (Å²) < 4.78 is 16.9. The molecule has 1 unspecified atom stereocenters. The van der Waals surface area contributed by atoms with Gasteiger partial charge < -0.3 is 14.2 Å². The highest BCUT2D eigenvalue weighted by molar-refractivity contribution is 5.71. The molecule has 0 saturated carbocycles. The molecule has 0 amide bonds. The van der Waals surface area contributed by atoms with E-state index in [1.54, 1.807) is 0 Å². The molecule has 0 aliphatic carbocycles. The quantitative estimate of drug-likeness (QED) is 0.0261. The fraction of sp³-hybridized carbons (Fsp3) is 0.817. The van der Waals surface area contributed by atoms with Crippen LogP contribution in [0.15, 0.2) is 60.8 Å². The molecule has 0 aliphatic rings. The Balaban J connectivity index is 4.05. The van der Waals surface area contributed by atoms with Gasteiger partial charge in [0.25, 0.3) is 0 Å². The zero-order chi connectivity index (χ0) is 55.7. The number of hydrogen-bond donors (Lipinski definition) is 0. The van der Waals surface area contributed by atoms with E-state index in [1.165, 1.54) is 225 Å². The van der Waals surface area contributed by atoms with E-state index in [2.05, 4.69) is 81.5 Å². The first-order chi connectivity index (χ1) is 38.0. The number of esters is 3. The maximum atomic E-state index is 12.9. The van der Waals surface area contributed by atoms with Crippen molar-refractivity contribution >= 4 is 17.9 Å². The van der Waals surface area contributed by atoms with Gasteiger partial charge in [-0.3, -0.25) is 14.4 Å². The van der Waals surface area contributed by atoms with Crippen molar-refractivity contribution in [3.8, 4) is 0 Å². The molecule has 0 spiro atoms. The van der Waals surface area contributed by atoms with Crippen LogP contribution in [-0.2, 0) is 28.6 Å². The van der Waals surface area contributed by atoms with Crippen LogP contribution in [-0.4, -0.2) is 37.2 Å². The molecule has 6 nitrogen and oxygen atoms in total. The summed E-state index contributed by atoms with van der Waals surface area (Å²) in [4.78, 5) is 38.2. The Kier molecular flexibility index (Phi) is 63.2. The molecule has 0 aromatic carbocycles. The van der Waals surface area contributed by atoms with Crippen LogP contribution in [0, 0.1) is 0 Å².